The molecule has 5 atom stereocenters. The lowest BCUT2D eigenvalue weighted by molar-refractivity contribution is -0.588. The summed E-state index contributed by atoms with van der Waals surface area (Å²) in [6.45, 7) is 3.06. The standard InChI is InChI=1S/C11H22N4O2/c1-2-8-3-11(15(16)17)4-9(6-12)14(8)10(5-11)7-13/h8-10H,2-7,12-13H2,1H3/t8?,9-,10?,11+/m1/s1. The van der Waals surface area contributed by atoms with Crippen molar-refractivity contribution in [1.82, 2.24) is 4.90 Å². The summed E-state index contributed by atoms with van der Waals surface area (Å²) in [5, 5.41) is 11.4. The molecule has 3 fully saturated rings. The summed E-state index contributed by atoms with van der Waals surface area (Å²) in [4.78, 5) is 13.7. The van der Waals surface area contributed by atoms with E-state index in [1.54, 1.807) is 0 Å². The Labute approximate surface area is 101 Å². The molecular formula is C11H22N4O2. The van der Waals surface area contributed by atoms with Crippen molar-refractivity contribution in [2.45, 2.75) is 56.3 Å². The van der Waals surface area contributed by atoms with Crippen LogP contribution in [0.5, 0.6) is 0 Å². The highest BCUT2D eigenvalue weighted by Gasteiger charge is 2.59. The van der Waals surface area contributed by atoms with Crippen LogP contribution in [0.4, 0.5) is 0 Å². The molecule has 3 aliphatic rings. The van der Waals surface area contributed by atoms with E-state index in [1.807, 2.05) is 0 Å². The molecule has 0 amide bonds. The fourth-order valence-electron chi connectivity index (χ4n) is 3.77. The van der Waals surface area contributed by atoms with Crippen LogP contribution in [0.1, 0.15) is 32.6 Å². The lowest BCUT2D eigenvalue weighted by Crippen LogP contribution is -2.71. The highest BCUT2D eigenvalue weighted by molar-refractivity contribution is 5.07. The zero-order valence-electron chi connectivity index (χ0n) is 10.3. The van der Waals surface area contributed by atoms with Gasteiger partial charge in [0, 0.05) is 55.4 Å². The maximum Gasteiger partial charge on any atom is 0.226 e. The Bertz CT molecular complexity index is 274. The Morgan fingerprint density at radius 1 is 1.24 bits per heavy atom. The van der Waals surface area contributed by atoms with Gasteiger partial charge in [0.1, 0.15) is 0 Å². The molecule has 3 rings (SSSR count). The Balaban J connectivity index is 2.33. The Hall–Kier alpha value is -0.720. The van der Waals surface area contributed by atoms with E-state index in [2.05, 4.69) is 11.8 Å². The molecule has 0 radical (unpaired) electrons. The third kappa shape index (κ3) is 1.84. The first-order valence-electron chi connectivity index (χ1n) is 6.40. The molecule has 3 aliphatic heterocycles. The van der Waals surface area contributed by atoms with Crippen LogP contribution in [-0.4, -0.2) is 46.6 Å². The van der Waals surface area contributed by atoms with Crippen molar-refractivity contribution in [2.24, 2.45) is 11.5 Å². The Morgan fingerprint density at radius 3 is 2.06 bits per heavy atom. The fourth-order valence-corrected chi connectivity index (χ4v) is 3.77. The molecule has 4 N–H and O–H groups in total. The van der Waals surface area contributed by atoms with Gasteiger partial charge in [-0.1, -0.05) is 6.92 Å². The second-order valence-electron chi connectivity index (χ2n) is 5.38. The first kappa shape index (κ1) is 12.7. The van der Waals surface area contributed by atoms with E-state index in [0.29, 0.717) is 32.4 Å². The molecule has 3 saturated heterocycles. The van der Waals surface area contributed by atoms with Crippen LogP contribution in [0.25, 0.3) is 0 Å². The zero-order chi connectivity index (χ0) is 12.6. The molecule has 0 saturated carbocycles. The highest BCUT2D eigenvalue weighted by Crippen LogP contribution is 2.45. The molecule has 0 aromatic carbocycles. The van der Waals surface area contributed by atoms with E-state index in [1.165, 1.54) is 0 Å². The smallest absolute Gasteiger partial charge is 0.226 e. The summed E-state index contributed by atoms with van der Waals surface area (Å²) in [7, 11) is 0. The van der Waals surface area contributed by atoms with E-state index >= 15 is 0 Å². The molecule has 17 heavy (non-hydrogen) atoms. The van der Waals surface area contributed by atoms with Gasteiger partial charge in [-0.3, -0.25) is 15.0 Å². The molecule has 0 spiro atoms. The maximum atomic E-state index is 11.4. The number of nitrogens with two attached hydrogens (primary N) is 2. The SMILES string of the molecule is CCC1C[C@@]2([N+](=O)[O-])CC(CN)[N@]1[C@@H](CN)C2. The minimum Gasteiger partial charge on any atom is -0.329 e. The molecule has 3 heterocycles. The van der Waals surface area contributed by atoms with Gasteiger partial charge in [0.05, 0.1) is 0 Å². The van der Waals surface area contributed by atoms with Gasteiger partial charge in [0.25, 0.3) is 0 Å². The predicted molar refractivity (Wildman–Crippen MR) is 65.2 cm³/mol. The van der Waals surface area contributed by atoms with Crippen LogP contribution in [0.15, 0.2) is 0 Å². The third-order valence-electron chi connectivity index (χ3n) is 4.51. The number of nitrogens with zero attached hydrogens (tertiary/aromatic N) is 2. The molecule has 6 heteroatoms. The number of rotatable bonds is 4. The monoisotopic (exact) mass is 242 g/mol. The topological polar surface area (TPSA) is 98.4 Å². The second kappa shape index (κ2) is 4.51. The van der Waals surface area contributed by atoms with Gasteiger partial charge >= 0.3 is 0 Å². The van der Waals surface area contributed by atoms with Gasteiger partial charge in [0.15, 0.2) is 0 Å². The number of hydrogen-bond acceptors (Lipinski definition) is 5. The molecule has 0 aromatic rings. The van der Waals surface area contributed by atoms with Gasteiger partial charge < -0.3 is 11.5 Å². The van der Waals surface area contributed by atoms with Crippen molar-refractivity contribution in [3.8, 4) is 0 Å². The molecule has 0 aromatic heterocycles. The highest BCUT2D eigenvalue weighted by atomic mass is 16.6. The quantitative estimate of drug-likeness (QED) is 0.531. The normalized spacial score (nSPS) is 44.9. The summed E-state index contributed by atoms with van der Waals surface area (Å²) in [5.41, 5.74) is 10.8. The average molecular weight is 242 g/mol. The molecule has 6 nitrogen and oxygen atoms in total. The van der Waals surface area contributed by atoms with Crippen LogP contribution >= 0.6 is 0 Å². The first-order chi connectivity index (χ1) is 8.07. The fraction of sp³-hybridized carbons (Fsp3) is 1.00. The molecule has 98 valence electrons. The molecule has 0 aliphatic carbocycles. The van der Waals surface area contributed by atoms with Crippen LogP contribution in [0, 0.1) is 10.1 Å². The van der Waals surface area contributed by atoms with Crippen molar-refractivity contribution in [1.29, 1.82) is 0 Å². The van der Waals surface area contributed by atoms with E-state index in [9.17, 15) is 10.1 Å². The number of fused-ring (bicyclic) bond motifs is 3. The average Bonchev–Trinajstić information content (AvgIpc) is 2.37. The Morgan fingerprint density at radius 2 is 1.71 bits per heavy atom. The second-order valence-corrected chi connectivity index (χ2v) is 5.38. The minimum atomic E-state index is -0.774. The van der Waals surface area contributed by atoms with Crippen molar-refractivity contribution >= 4 is 0 Å². The minimum absolute atomic E-state index is 0.0719. The summed E-state index contributed by atoms with van der Waals surface area (Å²) in [5.74, 6) is 0. The molecular weight excluding hydrogens is 220 g/mol. The van der Waals surface area contributed by atoms with E-state index in [0.717, 1.165) is 6.42 Å². The van der Waals surface area contributed by atoms with Crippen molar-refractivity contribution < 1.29 is 4.92 Å². The molecule has 2 bridgehead atoms. The van der Waals surface area contributed by atoms with Crippen LogP contribution in [0.2, 0.25) is 0 Å². The number of piperidine rings is 3. The van der Waals surface area contributed by atoms with Gasteiger partial charge in [-0.05, 0) is 6.42 Å². The van der Waals surface area contributed by atoms with Crippen LogP contribution in [0.3, 0.4) is 0 Å². The summed E-state index contributed by atoms with van der Waals surface area (Å²) < 4.78 is 0. The van der Waals surface area contributed by atoms with E-state index in [4.69, 9.17) is 11.5 Å². The van der Waals surface area contributed by atoms with Gasteiger partial charge in [-0.25, -0.2) is 0 Å². The number of hydrogen-bond donors (Lipinski definition) is 2. The maximum absolute atomic E-state index is 11.4. The number of nitro groups is 1. The largest absolute Gasteiger partial charge is 0.329 e. The van der Waals surface area contributed by atoms with Crippen molar-refractivity contribution in [3.05, 3.63) is 10.1 Å². The van der Waals surface area contributed by atoms with Crippen LogP contribution < -0.4 is 11.5 Å². The first-order valence-corrected chi connectivity index (χ1v) is 6.40. The van der Waals surface area contributed by atoms with Gasteiger partial charge in [-0.15, -0.1) is 0 Å². The lowest BCUT2D eigenvalue weighted by Gasteiger charge is -2.56. The summed E-state index contributed by atoms with van der Waals surface area (Å²) >= 11 is 0. The van der Waals surface area contributed by atoms with Gasteiger partial charge in [0.2, 0.25) is 5.54 Å². The van der Waals surface area contributed by atoms with E-state index < -0.39 is 5.54 Å². The van der Waals surface area contributed by atoms with Crippen LogP contribution in [-0.2, 0) is 0 Å². The Kier molecular flexibility index (Phi) is 3.38. The lowest BCUT2D eigenvalue weighted by atomic mass is 9.69. The van der Waals surface area contributed by atoms with Gasteiger partial charge in [-0.2, -0.15) is 0 Å². The third-order valence-corrected chi connectivity index (χ3v) is 4.51. The summed E-state index contributed by atoms with van der Waals surface area (Å²) in [6, 6.07) is 0.521. The summed E-state index contributed by atoms with van der Waals surface area (Å²) in [6.07, 6.45) is 2.76. The van der Waals surface area contributed by atoms with Crippen molar-refractivity contribution in [3.63, 3.8) is 0 Å². The predicted octanol–water partition coefficient (Wildman–Crippen LogP) is -0.0654. The van der Waals surface area contributed by atoms with E-state index in [-0.39, 0.29) is 23.0 Å². The zero-order valence-corrected chi connectivity index (χ0v) is 10.3. The molecule has 2 unspecified atom stereocenters. The van der Waals surface area contributed by atoms with Crippen molar-refractivity contribution in [2.75, 3.05) is 13.1 Å².